The van der Waals surface area contributed by atoms with Gasteiger partial charge in [-0.1, -0.05) is 120 Å². The average Bonchev–Trinajstić information content (AvgIpc) is 3.05. The van der Waals surface area contributed by atoms with Crippen molar-refractivity contribution in [2.24, 2.45) is 0 Å². The van der Waals surface area contributed by atoms with Crippen molar-refractivity contribution >= 4 is 0 Å². The minimum absolute atomic E-state index is 0. The third-order valence-corrected chi connectivity index (χ3v) is 8.30. The van der Waals surface area contributed by atoms with Gasteiger partial charge in [-0.05, 0) is 69.0 Å². The van der Waals surface area contributed by atoms with E-state index in [0.717, 1.165) is 45.5 Å². The smallest absolute Gasteiger partial charge is 0.217 e. The Hall–Kier alpha value is -4.53. The van der Waals surface area contributed by atoms with Gasteiger partial charge < -0.3 is 9.84 Å². The molecule has 0 saturated heterocycles. The Morgan fingerprint density at radius 3 is 2.04 bits per heavy atom. The molecule has 1 N–H and O–H groups in total. The Bertz CT molecular complexity index is 2010. The van der Waals surface area contributed by atoms with Crippen LogP contribution in [0.3, 0.4) is 0 Å². The van der Waals surface area contributed by atoms with Gasteiger partial charge in [-0.2, -0.15) is 0 Å². The molecule has 6 rings (SSSR count). The van der Waals surface area contributed by atoms with Crippen molar-refractivity contribution in [2.75, 3.05) is 0 Å². The number of aromatic nitrogens is 2. The summed E-state index contributed by atoms with van der Waals surface area (Å²) in [4.78, 5) is 9.62. The van der Waals surface area contributed by atoms with Crippen LogP contribution >= 0.6 is 0 Å². The first-order chi connectivity index (χ1) is 22.4. The first-order valence-corrected chi connectivity index (χ1v) is 16.1. The fourth-order valence-electron chi connectivity index (χ4n) is 5.66. The molecule has 48 heavy (non-hydrogen) atoms. The fraction of sp³-hybridized carbons (Fsp3) is 0.209. The number of hydrogen-bond acceptors (Lipinski definition) is 4. The summed E-state index contributed by atoms with van der Waals surface area (Å²) < 4.78 is 6.24. The van der Waals surface area contributed by atoms with E-state index in [2.05, 4.69) is 101 Å². The zero-order valence-electron chi connectivity index (χ0n) is 28.3. The molecule has 0 amide bonds. The van der Waals surface area contributed by atoms with Crippen LogP contribution in [0, 0.1) is 6.07 Å². The van der Waals surface area contributed by atoms with Crippen LogP contribution in [0.2, 0.25) is 0 Å². The predicted octanol–water partition coefficient (Wildman–Crippen LogP) is 11.0. The first kappa shape index (κ1) is 34.8. The van der Waals surface area contributed by atoms with Crippen molar-refractivity contribution in [3.63, 3.8) is 0 Å². The van der Waals surface area contributed by atoms with Crippen LogP contribution < -0.4 is 4.74 Å². The molecule has 0 unspecified atom stereocenters. The quantitative estimate of drug-likeness (QED) is 0.163. The van der Waals surface area contributed by atoms with Gasteiger partial charge in [-0.15, -0.1) is 23.8 Å². The minimum atomic E-state index is -0.258. The number of pyridine rings is 2. The van der Waals surface area contributed by atoms with E-state index in [0.29, 0.717) is 22.9 Å². The summed E-state index contributed by atoms with van der Waals surface area (Å²) in [5.41, 5.74) is 9.01. The van der Waals surface area contributed by atoms with Crippen molar-refractivity contribution in [3.05, 3.63) is 150 Å². The molecular formula is C43H41N2O2Pt-. The molecule has 246 valence electrons. The molecule has 0 bridgehead atoms. The van der Waals surface area contributed by atoms with Crippen LogP contribution in [0.5, 0.6) is 17.4 Å². The second kappa shape index (κ2) is 14.3. The molecule has 5 heteroatoms. The molecule has 0 saturated carbocycles. The summed E-state index contributed by atoms with van der Waals surface area (Å²) in [6, 6.07) is 42.2. The van der Waals surface area contributed by atoms with Gasteiger partial charge in [0.05, 0.1) is 5.69 Å². The number of nitrogens with zero attached hydrogens (tertiary/aromatic N) is 2. The van der Waals surface area contributed by atoms with Gasteiger partial charge in [0.25, 0.3) is 0 Å². The SMILES string of the molecule is CC(C)(C)c1cc(-c2cc(-c3ccccc3)cc(-c3[c-]c(Oc4cc(Cc5ccccc5)ccn4)ccc3)n2)c(O)c(C(C)(C)C)c1.[Pt]. The molecule has 2 aromatic heterocycles. The number of ether oxygens (including phenoxy) is 1. The summed E-state index contributed by atoms with van der Waals surface area (Å²) >= 11 is 0. The molecule has 6 aromatic rings. The molecule has 0 spiro atoms. The van der Waals surface area contributed by atoms with Gasteiger partial charge >= 0.3 is 0 Å². The van der Waals surface area contributed by atoms with Crippen molar-refractivity contribution in [3.8, 4) is 51.0 Å². The Kier molecular flexibility index (Phi) is 10.4. The number of hydrogen-bond donors (Lipinski definition) is 1. The first-order valence-electron chi connectivity index (χ1n) is 16.1. The number of aromatic hydroxyl groups is 1. The maximum Gasteiger partial charge on any atom is 0.217 e. The van der Waals surface area contributed by atoms with E-state index in [9.17, 15) is 5.11 Å². The maximum absolute atomic E-state index is 11.7. The molecule has 0 aliphatic rings. The third-order valence-electron chi connectivity index (χ3n) is 8.30. The zero-order valence-corrected chi connectivity index (χ0v) is 30.6. The zero-order chi connectivity index (χ0) is 33.2. The van der Waals surface area contributed by atoms with Gasteiger partial charge in [-0.3, -0.25) is 4.98 Å². The Morgan fingerprint density at radius 2 is 1.35 bits per heavy atom. The normalized spacial score (nSPS) is 11.5. The van der Waals surface area contributed by atoms with Crippen molar-refractivity contribution in [2.45, 2.75) is 58.8 Å². The van der Waals surface area contributed by atoms with Gasteiger partial charge in [0.2, 0.25) is 5.88 Å². The van der Waals surface area contributed by atoms with E-state index in [1.807, 2.05) is 66.7 Å². The van der Waals surface area contributed by atoms with E-state index in [1.54, 1.807) is 6.20 Å². The van der Waals surface area contributed by atoms with Crippen LogP contribution in [0.25, 0.3) is 33.6 Å². The molecule has 4 nitrogen and oxygen atoms in total. The van der Waals surface area contributed by atoms with E-state index >= 15 is 0 Å². The predicted molar refractivity (Wildman–Crippen MR) is 192 cm³/mol. The largest absolute Gasteiger partial charge is 0.507 e. The van der Waals surface area contributed by atoms with E-state index in [4.69, 9.17) is 9.72 Å². The van der Waals surface area contributed by atoms with Crippen molar-refractivity contribution in [1.82, 2.24) is 9.97 Å². The van der Waals surface area contributed by atoms with Gasteiger partial charge in [0.1, 0.15) is 5.75 Å². The van der Waals surface area contributed by atoms with Crippen LogP contribution in [-0.4, -0.2) is 15.1 Å². The molecule has 0 aliphatic heterocycles. The second-order valence-corrected chi connectivity index (χ2v) is 14.1. The summed E-state index contributed by atoms with van der Waals surface area (Å²) in [6.07, 6.45) is 2.57. The van der Waals surface area contributed by atoms with Crippen LogP contribution in [-0.2, 0) is 38.3 Å². The summed E-state index contributed by atoms with van der Waals surface area (Å²) in [5.74, 6) is 1.32. The fourth-order valence-corrected chi connectivity index (χ4v) is 5.66. The van der Waals surface area contributed by atoms with E-state index < -0.39 is 0 Å². The number of rotatable bonds is 7. The molecule has 0 aliphatic carbocycles. The van der Waals surface area contributed by atoms with Crippen LogP contribution in [0.15, 0.2) is 121 Å². The van der Waals surface area contributed by atoms with Gasteiger partial charge in [0.15, 0.2) is 0 Å². The van der Waals surface area contributed by atoms with Crippen LogP contribution in [0.1, 0.15) is 63.8 Å². The number of benzene rings is 4. The summed E-state index contributed by atoms with van der Waals surface area (Å²) in [7, 11) is 0. The topological polar surface area (TPSA) is 55.2 Å². The van der Waals surface area contributed by atoms with Crippen LogP contribution in [0.4, 0.5) is 0 Å². The van der Waals surface area contributed by atoms with Gasteiger partial charge in [-0.25, -0.2) is 4.98 Å². The van der Waals surface area contributed by atoms with Gasteiger partial charge in [0, 0.05) is 50.2 Å². The molecule has 0 atom stereocenters. The average molecular weight is 813 g/mol. The number of phenolic OH excluding ortho intramolecular Hbond substituents is 1. The molecule has 2 heterocycles. The second-order valence-electron chi connectivity index (χ2n) is 14.1. The van der Waals surface area contributed by atoms with E-state index in [1.165, 1.54) is 5.56 Å². The maximum atomic E-state index is 11.7. The molecule has 0 radical (unpaired) electrons. The monoisotopic (exact) mass is 812 g/mol. The van der Waals surface area contributed by atoms with E-state index in [-0.39, 0.29) is 37.6 Å². The minimum Gasteiger partial charge on any atom is -0.507 e. The molecule has 4 aromatic carbocycles. The third kappa shape index (κ3) is 8.12. The molecular weight excluding hydrogens is 772 g/mol. The Balaban J connectivity index is 0.00000451. The van der Waals surface area contributed by atoms with Crippen molar-refractivity contribution in [1.29, 1.82) is 0 Å². The Morgan fingerprint density at radius 1 is 0.667 bits per heavy atom. The number of phenols is 1. The standard InChI is InChI=1S/C43H41N2O2.Pt/c1-42(2,3)34-27-36(41(46)37(28-34)43(4,5)6)39-26-33(31-16-11-8-12-17-31)25-38(45-39)32-18-13-19-35(24-32)47-40-23-30(20-21-44-40)22-29-14-9-7-10-15-29;/h7-21,23,25-28,46H,22H2,1-6H3;/q-1;. The Labute approximate surface area is 299 Å². The summed E-state index contributed by atoms with van der Waals surface area (Å²) in [5, 5.41) is 11.7. The molecule has 0 fully saturated rings. The summed E-state index contributed by atoms with van der Waals surface area (Å²) in [6.45, 7) is 13.0. The van der Waals surface area contributed by atoms with Crippen molar-refractivity contribution < 1.29 is 30.9 Å².